The van der Waals surface area contributed by atoms with Gasteiger partial charge in [0.25, 0.3) is 0 Å². The fraction of sp³-hybridized carbons (Fsp3) is 0.417. The van der Waals surface area contributed by atoms with Crippen LogP contribution in [0.2, 0.25) is 0 Å². The zero-order valence-electron chi connectivity index (χ0n) is 8.74. The van der Waals surface area contributed by atoms with E-state index in [1.807, 2.05) is 11.9 Å². The van der Waals surface area contributed by atoms with Crippen LogP contribution in [0, 0.1) is 11.7 Å². The number of aldehydes is 1. The van der Waals surface area contributed by atoms with Gasteiger partial charge in [-0.2, -0.15) is 0 Å². The number of hydrogen-bond acceptors (Lipinski definition) is 2. The van der Waals surface area contributed by atoms with Gasteiger partial charge in [0.15, 0.2) is 0 Å². The number of anilines is 1. The quantitative estimate of drug-likeness (QED) is 0.707. The first-order valence-electron chi connectivity index (χ1n) is 5.16. The molecule has 0 bridgehead atoms. The Labute approximate surface area is 88.7 Å². The third-order valence-electron chi connectivity index (χ3n) is 2.71. The monoisotopic (exact) mass is 207 g/mol. The van der Waals surface area contributed by atoms with Crippen LogP contribution in [-0.4, -0.2) is 19.9 Å². The van der Waals surface area contributed by atoms with Gasteiger partial charge in [0.2, 0.25) is 0 Å². The van der Waals surface area contributed by atoms with Gasteiger partial charge in [0.05, 0.1) is 0 Å². The van der Waals surface area contributed by atoms with Gasteiger partial charge in [-0.1, -0.05) is 0 Å². The molecule has 2 nitrogen and oxygen atoms in total. The van der Waals surface area contributed by atoms with Crippen molar-refractivity contribution >= 4 is 12.0 Å². The van der Waals surface area contributed by atoms with Gasteiger partial charge in [-0.05, 0) is 37.0 Å². The second kappa shape index (κ2) is 4.01. The lowest BCUT2D eigenvalue weighted by molar-refractivity contribution is 0.112. The first-order chi connectivity index (χ1) is 7.19. The minimum absolute atomic E-state index is 0.350. The molecule has 0 saturated heterocycles. The van der Waals surface area contributed by atoms with Gasteiger partial charge in [-0.25, -0.2) is 4.39 Å². The maximum Gasteiger partial charge on any atom is 0.150 e. The van der Waals surface area contributed by atoms with E-state index < -0.39 is 0 Å². The molecule has 0 aliphatic heterocycles. The highest BCUT2D eigenvalue weighted by Crippen LogP contribution is 2.31. The Morgan fingerprint density at radius 2 is 2.20 bits per heavy atom. The molecule has 1 saturated carbocycles. The van der Waals surface area contributed by atoms with E-state index in [2.05, 4.69) is 0 Å². The molecule has 2 rings (SSSR count). The molecule has 1 aromatic carbocycles. The topological polar surface area (TPSA) is 20.3 Å². The van der Waals surface area contributed by atoms with Crippen molar-refractivity contribution in [3.8, 4) is 0 Å². The normalized spacial score (nSPS) is 15.1. The molecule has 0 amide bonds. The van der Waals surface area contributed by atoms with E-state index in [0.717, 1.165) is 18.2 Å². The number of halogens is 1. The molecule has 0 radical (unpaired) electrons. The van der Waals surface area contributed by atoms with Gasteiger partial charge >= 0.3 is 0 Å². The number of rotatable bonds is 4. The standard InChI is InChI=1S/C12H14FNO/c1-14(7-9-2-3-9)12-5-10(8-15)4-11(13)6-12/h4-6,8-9H,2-3,7H2,1H3. The van der Waals surface area contributed by atoms with Crippen LogP contribution in [0.25, 0.3) is 0 Å². The molecule has 0 atom stereocenters. The average Bonchev–Trinajstić information content (AvgIpc) is 3.00. The summed E-state index contributed by atoms with van der Waals surface area (Å²) in [4.78, 5) is 12.6. The molecular formula is C12H14FNO. The fourth-order valence-corrected chi connectivity index (χ4v) is 1.68. The minimum Gasteiger partial charge on any atom is -0.374 e. The van der Waals surface area contributed by atoms with E-state index in [1.165, 1.54) is 25.0 Å². The van der Waals surface area contributed by atoms with E-state index in [4.69, 9.17) is 0 Å². The lowest BCUT2D eigenvalue weighted by Gasteiger charge is -2.19. The molecule has 0 unspecified atom stereocenters. The molecular weight excluding hydrogens is 193 g/mol. The second-order valence-electron chi connectivity index (χ2n) is 4.18. The summed E-state index contributed by atoms with van der Waals surface area (Å²) >= 11 is 0. The summed E-state index contributed by atoms with van der Waals surface area (Å²) in [6, 6.07) is 4.44. The van der Waals surface area contributed by atoms with E-state index in [0.29, 0.717) is 11.8 Å². The number of carbonyl (C=O) groups is 1. The Morgan fingerprint density at radius 1 is 1.47 bits per heavy atom. The average molecular weight is 207 g/mol. The highest BCUT2D eigenvalue weighted by Gasteiger charge is 2.23. The van der Waals surface area contributed by atoms with Crippen LogP contribution in [0.3, 0.4) is 0 Å². The van der Waals surface area contributed by atoms with Crippen molar-refractivity contribution in [2.24, 2.45) is 5.92 Å². The van der Waals surface area contributed by atoms with Crippen LogP contribution in [0.1, 0.15) is 23.2 Å². The first kappa shape index (κ1) is 10.1. The summed E-state index contributed by atoms with van der Waals surface area (Å²) < 4.78 is 13.1. The van der Waals surface area contributed by atoms with Gasteiger partial charge in [0.1, 0.15) is 12.1 Å². The molecule has 3 heteroatoms. The van der Waals surface area contributed by atoms with E-state index in [1.54, 1.807) is 6.07 Å². The molecule has 1 fully saturated rings. The lowest BCUT2D eigenvalue weighted by Crippen LogP contribution is -2.20. The van der Waals surface area contributed by atoms with Gasteiger partial charge in [-0.3, -0.25) is 4.79 Å². The van der Waals surface area contributed by atoms with Crippen molar-refractivity contribution in [3.63, 3.8) is 0 Å². The summed E-state index contributed by atoms with van der Waals surface area (Å²) in [5, 5.41) is 0. The molecule has 0 N–H and O–H groups in total. The number of carbonyl (C=O) groups excluding carboxylic acids is 1. The van der Waals surface area contributed by atoms with Crippen LogP contribution in [0.15, 0.2) is 18.2 Å². The van der Waals surface area contributed by atoms with Crippen molar-refractivity contribution in [2.75, 3.05) is 18.5 Å². The van der Waals surface area contributed by atoms with Crippen molar-refractivity contribution in [1.82, 2.24) is 0 Å². The van der Waals surface area contributed by atoms with Crippen molar-refractivity contribution < 1.29 is 9.18 Å². The molecule has 15 heavy (non-hydrogen) atoms. The SMILES string of the molecule is CN(CC1CC1)c1cc(F)cc(C=O)c1. The smallest absolute Gasteiger partial charge is 0.150 e. The Hall–Kier alpha value is -1.38. The van der Waals surface area contributed by atoms with E-state index >= 15 is 0 Å². The maximum absolute atomic E-state index is 13.1. The maximum atomic E-state index is 13.1. The Morgan fingerprint density at radius 3 is 2.80 bits per heavy atom. The number of hydrogen-bond donors (Lipinski definition) is 0. The predicted octanol–water partition coefficient (Wildman–Crippen LogP) is 2.48. The number of nitrogens with zero attached hydrogens (tertiary/aromatic N) is 1. The van der Waals surface area contributed by atoms with Crippen molar-refractivity contribution in [2.45, 2.75) is 12.8 Å². The Kier molecular flexibility index (Phi) is 2.71. The molecule has 1 aromatic rings. The van der Waals surface area contributed by atoms with Gasteiger partial charge < -0.3 is 4.90 Å². The summed E-state index contributed by atoms with van der Waals surface area (Å²) in [5.74, 6) is 0.398. The van der Waals surface area contributed by atoms with Crippen LogP contribution < -0.4 is 4.90 Å². The van der Waals surface area contributed by atoms with Crippen molar-refractivity contribution in [3.05, 3.63) is 29.6 Å². The van der Waals surface area contributed by atoms with Crippen LogP contribution in [-0.2, 0) is 0 Å². The summed E-state index contributed by atoms with van der Waals surface area (Å²) in [5.41, 5.74) is 1.18. The third-order valence-corrected chi connectivity index (χ3v) is 2.71. The largest absolute Gasteiger partial charge is 0.374 e. The van der Waals surface area contributed by atoms with E-state index in [9.17, 15) is 9.18 Å². The number of benzene rings is 1. The van der Waals surface area contributed by atoms with Gasteiger partial charge in [-0.15, -0.1) is 0 Å². The second-order valence-corrected chi connectivity index (χ2v) is 4.18. The Balaban J connectivity index is 2.17. The third kappa shape index (κ3) is 2.55. The Bertz CT molecular complexity index is 374. The highest BCUT2D eigenvalue weighted by atomic mass is 19.1. The molecule has 0 heterocycles. The van der Waals surface area contributed by atoms with Crippen LogP contribution >= 0.6 is 0 Å². The minimum atomic E-state index is -0.350. The first-order valence-corrected chi connectivity index (χ1v) is 5.16. The van der Waals surface area contributed by atoms with Crippen LogP contribution in [0.5, 0.6) is 0 Å². The highest BCUT2D eigenvalue weighted by molar-refractivity contribution is 5.77. The fourth-order valence-electron chi connectivity index (χ4n) is 1.68. The molecule has 1 aliphatic rings. The lowest BCUT2D eigenvalue weighted by atomic mass is 10.2. The van der Waals surface area contributed by atoms with Crippen molar-refractivity contribution in [1.29, 1.82) is 0 Å². The molecule has 1 aliphatic carbocycles. The zero-order chi connectivity index (χ0) is 10.8. The zero-order valence-corrected chi connectivity index (χ0v) is 8.74. The van der Waals surface area contributed by atoms with Crippen LogP contribution in [0.4, 0.5) is 10.1 Å². The summed E-state index contributed by atoms with van der Waals surface area (Å²) in [6.45, 7) is 0.946. The predicted molar refractivity (Wildman–Crippen MR) is 57.8 cm³/mol. The summed E-state index contributed by atoms with van der Waals surface area (Å²) in [6.07, 6.45) is 3.21. The van der Waals surface area contributed by atoms with E-state index in [-0.39, 0.29) is 5.82 Å². The molecule has 0 aromatic heterocycles. The molecule has 0 spiro atoms. The summed E-state index contributed by atoms with van der Waals surface area (Å²) in [7, 11) is 1.93. The van der Waals surface area contributed by atoms with Gasteiger partial charge in [0, 0.05) is 24.8 Å². The molecule has 80 valence electrons.